The standard InChI is InChI=1S/C9H13NO5/c1-3-4-5-9(7(12)13,8(14)15)10-6(2)11/h3-4H,5H2,1-2H3,(H,10,11)(H,12,13)(H,14,15). The van der Waals surface area contributed by atoms with E-state index in [1.807, 2.05) is 5.32 Å². The van der Waals surface area contributed by atoms with E-state index < -0.39 is 23.4 Å². The van der Waals surface area contributed by atoms with E-state index in [9.17, 15) is 14.4 Å². The summed E-state index contributed by atoms with van der Waals surface area (Å²) in [5, 5.41) is 19.6. The quantitative estimate of drug-likeness (QED) is 0.442. The van der Waals surface area contributed by atoms with Crippen LogP contribution in [0.5, 0.6) is 0 Å². The first-order valence-corrected chi connectivity index (χ1v) is 4.23. The van der Waals surface area contributed by atoms with Crippen LogP contribution in [-0.4, -0.2) is 33.6 Å². The molecule has 0 saturated carbocycles. The summed E-state index contributed by atoms with van der Waals surface area (Å²) in [5.41, 5.74) is -2.28. The van der Waals surface area contributed by atoms with Gasteiger partial charge in [0.25, 0.3) is 0 Å². The van der Waals surface area contributed by atoms with Crippen molar-refractivity contribution < 1.29 is 24.6 Å². The number of allylic oxidation sites excluding steroid dienone is 1. The summed E-state index contributed by atoms with van der Waals surface area (Å²) in [7, 11) is 0. The van der Waals surface area contributed by atoms with Crippen molar-refractivity contribution in [3.05, 3.63) is 12.2 Å². The lowest BCUT2D eigenvalue weighted by atomic mass is 9.95. The smallest absolute Gasteiger partial charge is 0.341 e. The Morgan fingerprint density at radius 1 is 1.27 bits per heavy atom. The highest BCUT2D eigenvalue weighted by molar-refractivity contribution is 6.06. The molecular formula is C9H13NO5. The molecule has 0 aliphatic carbocycles. The second kappa shape index (κ2) is 5.14. The first kappa shape index (κ1) is 13.2. The van der Waals surface area contributed by atoms with E-state index in [-0.39, 0.29) is 6.42 Å². The molecule has 0 atom stereocenters. The molecule has 3 N–H and O–H groups in total. The molecule has 84 valence electrons. The molecule has 0 unspecified atom stereocenters. The molecule has 0 saturated heterocycles. The molecule has 0 bridgehead atoms. The zero-order valence-electron chi connectivity index (χ0n) is 8.48. The average molecular weight is 215 g/mol. The molecule has 1 amide bonds. The van der Waals surface area contributed by atoms with Crippen molar-refractivity contribution in [3.8, 4) is 0 Å². The Morgan fingerprint density at radius 3 is 2.00 bits per heavy atom. The van der Waals surface area contributed by atoms with E-state index in [4.69, 9.17) is 10.2 Å². The van der Waals surface area contributed by atoms with Crippen molar-refractivity contribution in [2.45, 2.75) is 25.8 Å². The molecule has 0 radical (unpaired) electrons. The molecule has 0 heterocycles. The predicted molar refractivity (Wildman–Crippen MR) is 51.3 cm³/mol. The summed E-state index contributed by atoms with van der Waals surface area (Å²) in [4.78, 5) is 32.5. The summed E-state index contributed by atoms with van der Waals surface area (Å²) in [6, 6.07) is 0. The second-order valence-corrected chi connectivity index (χ2v) is 2.97. The van der Waals surface area contributed by atoms with Gasteiger partial charge in [0.05, 0.1) is 0 Å². The fourth-order valence-corrected chi connectivity index (χ4v) is 1.02. The van der Waals surface area contributed by atoms with Gasteiger partial charge in [0, 0.05) is 13.3 Å². The van der Waals surface area contributed by atoms with Crippen LogP contribution < -0.4 is 5.32 Å². The number of hydrogen-bond donors (Lipinski definition) is 3. The maximum absolute atomic E-state index is 10.9. The van der Waals surface area contributed by atoms with Crippen LogP contribution in [0.3, 0.4) is 0 Å². The Morgan fingerprint density at radius 2 is 1.73 bits per heavy atom. The third kappa shape index (κ3) is 3.08. The molecule has 0 spiro atoms. The Labute approximate surface area is 86.6 Å². The normalized spacial score (nSPS) is 11.3. The fourth-order valence-electron chi connectivity index (χ4n) is 1.02. The van der Waals surface area contributed by atoms with Gasteiger partial charge in [0.2, 0.25) is 11.4 Å². The molecule has 0 aliphatic rings. The van der Waals surface area contributed by atoms with Gasteiger partial charge in [-0.25, -0.2) is 9.59 Å². The summed E-state index contributed by atoms with van der Waals surface area (Å²) in [6.45, 7) is 2.69. The number of amides is 1. The maximum Gasteiger partial charge on any atom is 0.341 e. The largest absolute Gasteiger partial charge is 0.479 e. The lowest BCUT2D eigenvalue weighted by Gasteiger charge is -2.23. The lowest BCUT2D eigenvalue weighted by Crippen LogP contribution is -2.59. The van der Waals surface area contributed by atoms with Crippen molar-refractivity contribution in [2.75, 3.05) is 0 Å². The van der Waals surface area contributed by atoms with E-state index in [0.717, 1.165) is 6.92 Å². The van der Waals surface area contributed by atoms with Crippen molar-refractivity contribution in [1.82, 2.24) is 5.32 Å². The molecule has 6 nitrogen and oxygen atoms in total. The van der Waals surface area contributed by atoms with Crippen LogP contribution in [0.15, 0.2) is 12.2 Å². The topological polar surface area (TPSA) is 104 Å². The Balaban J connectivity index is 5.16. The Kier molecular flexibility index (Phi) is 4.50. The molecule has 6 heteroatoms. The number of rotatable bonds is 5. The zero-order chi connectivity index (χ0) is 12.1. The number of hydrogen-bond acceptors (Lipinski definition) is 3. The highest BCUT2D eigenvalue weighted by Gasteiger charge is 2.46. The predicted octanol–water partition coefficient (Wildman–Crippen LogP) is -0.00330. The Bertz CT molecular complexity index is 294. The van der Waals surface area contributed by atoms with E-state index in [0.29, 0.717) is 0 Å². The lowest BCUT2D eigenvalue weighted by molar-refractivity contribution is -0.160. The van der Waals surface area contributed by atoms with Crippen LogP contribution in [0, 0.1) is 0 Å². The number of carboxylic acid groups (broad SMARTS) is 2. The summed E-state index contributed by atoms with van der Waals surface area (Å²) >= 11 is 0. The van der Waals surface area contributed by atoms with Crippen molar-refractivity contribution in [3.63, 3.8) is 0 Å². The first-order chi connectivity index (χ1) is 6.86. The van der Waals surface area contributed by atoms with Crippen molar-refractivity contribution in [1.29, 1.82) is 0 Å². The molecule has 0 aliphatic heterocycles. The van der Waals surface area contributed by atoms with Crippen LogP contribution in [0.4, 0.5) is 0 Å². The summed E-state index contributed by atoms with van der Waals surface area (Å²) in [6.07, 6.45) is 2.59. The molecular weight excluding hydrogens is 202 g/mol. The Hall–Kier alpha value is -1.85. The van der Waals surface area contributed by atoms with Gasteiger partial charge in [-0.3, -0.25) is 4.79 Å². The summed E-state index contributed by atoms with van der Waals surface area (Å²) < 4.78 is 0. The molecule has 0 aromatic heterocycles. The van der Waals surface area contributed by atoms with E-state index >= 15 is 0 Å². The highest BCUT2D eigenvalue weighted by Crippen LogP contribution is 2.12. The maximum atomic E-state index is 10.9. The minimum absolute atomic E-state index is 0.298. The van der Waals surface area contributed by atoms with E-state index in [1.54, 1.807) is 6.92 Å². The highest BCUT2D eigenvalue weighted by atomic mass is 16.4. The monoisotopic (exact) mass is 215 g/mol. The second-order valence-electron chi connectivity index (χ2n) is 2.97. The van der Waals surface area contributed by atoms with Crippen LogP contribution in [0.1, 0.15) is 20.3 Å². The third-order valence-corrected chi connectivity index (χ3v) is 1.78. The summed E-state index contributed by atoms with van der Waals surface area (Å²) in [5.74, 6) is -3.89. The van der Waals surface area contributed by atoms with Gasteiger partial charge in [-0.15, -0.1) is 0 Å². The van der Waals surface area contributed by atoms with Crippen LogP contribution in [-0.2, 0) is 14.4 Å². The van der Waals surface area contributed by atoms with Crippen molar-refractivity contribution >= 4 is 17.8 Å². The molecule has 0 fully saturated rings. The van der Waals surface area contributed by atoms with Crippen LogP contribution in [0.2, 0.25) is 0 Å². The number of aliphatic carboxylic acids is 2. The molecule has 0 aromatic carbocycles. The van der Waals surface area contributed by atoms with Crippen molar-refractivity contribution in [2.24, 2.45) is 0 Å². The van der Waals surface area contributed by atoms with Gasteiger partial charge in [0.15, 0.2) is 0 Å². The van der Waals surface area contributed by atoms with Gasteiger partial charge in [-0.1, -0.05) is 12.2 Å². The SMILES string of the molecule is CC=CCC(NC(C)=O)(C(=O)O)C(=O)O. The number of carbonyl (C=O) groups excluding carboxylic acids is 1. The van der Waals surface area contributed by atoms with Gasteiger partial charge in [-0.05, 0) is 6.92 Å². The minimum atomic E-state index is -2.28. The zero-order valence-corrected chi connectivity index (χ0v) is 8.48. The number of carbonyl (C=O) groups is 3. The first-order valence-electron chi connectivity index (χ1n) is 4.23. The molecule has 15 heavy (non-hydrogen) atoms. The fraction of sp³-hybridized carbons (Fsp3) is 0.444. The number of nitrogens with one attached hydrogen (secondary N) is 1. The third-order valence-electron chi connectivity index (χ3n) is 1.78. The van der Waals surface area contributed by atoms with Crippen LogP contribution in [0.25, 0.3) is 0 Å². The van der Waals surface area contributed by atoms with Gasteiger partial charge in [0.1, 0.15) is 0 Å². The van der Waals surface area contributed by atoms with E-state index in [1.165, 1.54) is 12.2 Å². The van der Waals surface area contributed by atoms with E-state index in [2.05, 4.69) is 0 Å². The van der Waals surface area contributed by atoms with Gasteiger partial charge < -0.3 is 15.5 Å². The molecule has 0 aromatic rings. The van der Waals surface area contributed by atoms with Gasteiger partial charge >= 0.3 is 11.9 Å². The van der Waals surface area contributed by atoms with Gasteiger partial charge in [-0.2, -0.15) is 0 Å². The number of carboxylic acids is 2. The minimum Gasteiger partial charge on any atom is -0.479 e. The van der Waals surface area contributed by atoms with Crippen LogP contribution >= 0.6 is 0 Å². The average Bonchev–Trinajstić information content (AvgIpc) is 2.10. The molecule has 0 rings (SSSR count).